The maximum atomic E-state index is 11.9. The smallest absolute Gasteiger partial charge is 0.268 e. The average Bonchev–Trinajstić information content (AvgIpc) is 2.88. The van der Waals surface area contributed by atoms with Gasteiger partial charge in [0.25, 0.3) is 11.8 Å². The van der Waals surface area contributed by atoms with Crippen molar-refractivity contribution in [3.05, 3.63) is 47.9 Å². The number of carbonyl (C=O) groups excluding carboxylic acids is 2. The molecule has 126 valence electrons. The summed E-state index contributed by atoms with van der Waals surface area (Å²) in [4.78, 5) is 32.8. The number of aromatic nitrogens is 2. The molecule has 1 aromatic carbocycles. The van der Waals surface area contributed by atoms with Crippen LogP contribution in [0.3, 0.4) is 0 Å². The zero-order valence-electron chi connectivity index (χ0n) is 13.6. The molecular formula is C18H16N4O3. The van der Waals surface area contributed by atoms with Gasteiger partial charge in [-0.15, -0.1) is 0 Å². The summed E-state index contributed by atoms with van der Waals surface area (Å²) in [5.74, 6) is 4.46. The Morgan fingerprint density at radius 3 is 2.88 bits per heavy atom. The van der Waals surface area contributed by atoms with Crippen molar-refractivity contribution in [3.63, 3.8) is 0 Å². The molecule has 1 atom stereocenters. The van der Waals surface area contributed by atoms with E-state index in [9.17, 15) is 14.7 Å². The number of hydrogen-bond acceptors (Lipinski definition) is 5. The predicted octanol–water partition coefficient (Wildman–Crippen LogP) is 0.187. The van der Waals surface area contributed by atoms with Crippen molar-refractivity contribution in [2.45, 2.75) is 12.0 Å². The van der Waals surface area contributed by atoms with Gasteiger partial charge >= 0.3 is 0 Å². The molecule has 0 aliphatic carbocycles. The lowest BCUT2D eigenvalue weighted by atomic mass is 10.0. The third kappa shape index (κ3) is 3.34. The van der Waals surface area contributed by atoms with Crippen molar-refractivity contribution in [1.29, 1.82) is 0 Å². The van der Waals surface area contributed by atoms with Crippen LogP contribution in [-0.4, -0.2) is 51.0 Å². The quantitative estimate of drug-likeness (QED) is 0.761. The van der Waals surface area contributed by atoms with Crippen LogP contribution < -0.4 is 5.73 Å². The van der Waals surface area contributed by atoms with Crippen molar-refractivity contribution < 1.29 is 14.7 Å². The standard InChI is InChI=1S/C18H16N4O3/c1-22-8-7-18(25,17(22)24)6-5-12-3-2-4-13(9-12)14-10-20-11-15(21-14)16(19)23/h2-4,9-11,25H,7-8H2,1H3,(H2,19,23). The van der Waals surface area contributed by atoms with E-state index in [1.807, 2.05) is 0 Å². The Morgan fingerprint density at radius 2 is 2.20 bits per heavy atom. The minimum absolute atomic E-state index is 0.0721. The molecule has 2 aromatic rings. The lowest BCUT2D eigenvalue weighted by Gasteiger charge is -2.13. The SMILES string of the molecule is CN1CCC(O)(C#Cc2cccc(-c3cncc(C(N)=O)n3)c2)C1=O. The second kappa shape index (κ2) is 6.34. The minimum atomic E-state index is -1.64. The normalized spacial score (nSPS) is 19.4. The fourth-order valence-electron chi connectivity index (χ4n) is 2.53. The van der Waals surface area contributed by atoms with Crippen molar-refractivity contribution in [2.24, 2.45) is 5.73 Å². The van der Waals surface area contributed by atoms with Gasteiger partial charge in [0.05, 0.1) is 18.1 Å². The number of amides is 2. The topological polar surface area (TPSA) is 109 Å². The van der Waals surface area contributed by atoms with E-state index in [-0.39, 0.29) is 12.1 Å². The van der Waals surface area contributed by atoms with Gasteiger partial charge in [-0.2, -0.15) is 0 Å². The van der Waals surface area contributed by atoms with E-state index >= 15 is 0 Å². The van der Waals surface area contributed by atoms with E-state index in [1.165, 1.54) is 17.3 Å². The van der Waals surface area contributed by atoms with Gasteiger partial charge in [0.2, 0.25) is 5.60 Å². The molecule has 7 nitrogen and oxygen atoms in total. The van der Waals surface area contributed by atoms with Gasteiger partial charge in [0.15, 0.2) is 0 Å². The molecule has 3 rings (SSSR count). The van der Waals surface area contributed by atoms with Gasteiger partial charge in [-0.1, -0.05) is 24.0 Å². The highest BCUT2D eigenvalue weighted by Crippen LogP contribution is 2.21. The highest BCUT2D eigenvalue weighted by atomic mass is 16.3. The molecule has 1 saturated heterocycles. The van der Waals surface area contributed by atoms with Crippen LogP contribution in [0.2, 0.25) is 0 Å². The first kappa shape index (κ1) is 16.6. The van der Waals surface area contributed by atoms with Crippen molar-refractivity contribution in [2.75, 3.05) is 13.6 Å². The van der Waals surface area contributed by atoms with Gasteiger partial charge in [-0.25, -0.2) is 4.98 Å². The second-order valence-corrected chi connectivity index (χ2v) is 5.82. The van der Waals surface area contributed by atoms with Crippen molar-refractivity contribution in [1.82, 2.24) is 14.9 Å². The second-order valence-electron chi connectivity index (χ2n) is 5.82. The van der Waals surface area contributed by atoms with E-state index in [4.69, 9.17) is 5.73 Å². The number of nitrogens with two attached hydrogens (primary N) is 1. The monoisotopic (exact) mass is 336 g/mol. The molecule has 1 unspecified atom stereocenters. The molecular weight excluding hydrogens is 320 g/mol. The third-order valence-electron chi connectivity index (χ3n) is 3.97. The number of hydrogen-bond donors (Lipinski definition) is 2. The van der Waals surface area contributed by atoms with Crippen molar-refractivity contribution >= 4 is 11.8 Å². The van der Waals surface area contributed by atoms with Crippen LogP contribution in [-0.2, 0) is 4.79 Å². The molecule has 1 fully saturated rings. The summed E-state index contributed by atoms with van der Waals surface area (Å²) in [6.45, 7) is 0.472. The largest absolute Gasteiger partial charge is 0.369 e. The Morgan fingerprint density at radius 1 is 1.40 bits per heavy atom. The predicted molar refractivity (Wildman–Crippen MR) is 90.1 cm³/mol. The van der Waals surface area contributed by atoms with Crippen LogP contribution in [0.4, 0.5) is 0 Å². The molecule has 1 aliphatic rings. The van der Waals surface area contributed by atoms with E-state index in [2.05, 4.69) is 21.8 Å². The lowest BCUT2D eigenvalue weighted by Crippen LogP contribution is -2.37. The third-order valence-corrected chi connectivity index (χ3v) is 3.97. The van der Waals surface area contributed by atoms with Crippen LogP contribution >= 0.6 is 0 Å². The molecule has 0 bridgehead atoms. The lowest BCUT2D eigenvalue weighted by molar-refractivity contribution is -0.137. The molecule has 1 aromatic heterocycles. The van der Waals surface area contributed by atoms with Crippen LogP contribution in [0.25, 0.3) is 11.3 Å². The number of aliphatic hydroxyl groups is 1. The van der Waals surface area contributed by atoms with Gasteiger partial charge in [0.1, 0.15) is 5.69 Å². The Hall–Kier alpha value is -3.24. The van der Waals surface area contributed by atoms with Gasteiger partial charge in [0, 0.05) is 31.1 Å². The summed E-state index contributed by atoms with van der Waals surface area (Å²) in [7, 11) is 1.63. The first-order valence-electron chi connectivity index (χ1n) is 7.62. The number of rotatable bonds is 2. The first-order chi connectivity index (χ1) is 11.9. The number of benzene rings is 1. The van der Waals surface area contributed by atoms with Crippen LogP contribution in [0.1, 0.15) is 22.5 Å². The molecule has 3 N–H and O–H groups in total. The summed E-state index contributed by atoms with van der Waals surface area (Å²) >= 11 is 0. The summed E-state index contributed by atoms with van der Waals surface area (Å²) < 4.78 is 0. The number of likely N-dealkylation sites (tertiary alicyclic amines) is 1. The Bertz CT molecular complexity index is 916. The number of likely N-dealkylation sites (N-methyl/N-ethyl adjacent to an activating group) is 1. The summed E-state index contributed by atoms with van der Waals surface area (Å²) in [6, 6.07) is 7.07. The van der Waals surface area contributed by atoms with E-state index in [0.29, 0.717) is 23.4 Å². The van der Waals surface area contributed by atoms with Crippen LogP contribution in [0.5, 0.6) is 0 Å². The summed E-state index contributed by atoms with van der Waals surface area (Å²) in [5, 5.41) is 10.3. The van der Waals surface area contributed by atoms with E-state index in [0.717, 1.165) is 0 Å². The Kier molecular flexibility index (Phi) is 4.21. The molecule has 25 heavy (non-hydrogen) atoms. The molecule has 0 radical (unpaired) electrons. The summed E-state index contributed by atoms with van der Waals surface area (Å²) in [5.41, 5.74) is 5.44. The van der Waals surface area contributed by atoms with Crippen LogP contribution in [0, 0.1) is 11.8 Å². The van der Waals surface area contributed by atoms with Crippen LogP contribution in [0.15, 0.2) is 36.7 Å². The molecule has 1 aliphatic heterocycles. The van der Waals surface area contributed by atoms with Gasteiger partial charge in [-0.3, -0.25) is 14.6 Å². The number of carbonyl (C=O) groups is 2. The highest BCUT2D eigenvalue weighted by Gasteiger charge is 2.42. The first-order valence-corrected chi connectivity index (χ1v) is 7.62. The van der Waals surface area contributed by atoms with Crippen molar-refractivity contribution in [3.8, 4) is 23.1 Å². The number of primary amides is 1. The molecule has 7 heteroatoms. The zero-order valence-corrected chi connectivity index (χ0v) is 13.6. The maximum absolute atomic E-state index is 11.9. The van der Waals surface area contributed by atoms with Gasteiger partial charge < -0.3 is 15.7 Å². The van der Waals surface area contributed by atoms with E-state index in [1.54, 1.807) is 31.3 Å². The highest BCUT2D eigenvalue weighted by molar-refractivity contribution is 5.91. The maximum Gasteiger partial charge on any atom is 0.268 e. The zero-order chi connectivity index (χ0) is 18.0. The Balaban J connectivity index is 1.91. The Labute approximate surface area is 144 Å². The average molecular weight is 336 g/mol. The summed E-state index contributed by atoms with van der Waals surface area (Å²) in [6.07, 6.45) is 3.09. The van der Waals surface area contributed by atoms with Gasteiger partial charge in [-0.05, 0) is 12.1 Å². The fourth-order valence-corrected chi connectivity index (χ4v) is 2.53. The molecule has 0 saturated carbocycles. The minimum Gasteiger partial charge on any atom is -0.369 e. The fraction of sp³-hybridized carbons (Fsp3) is 0.222. The molecule has 0 spiro atoms. The molecule has 2 heterocycles. The van der Waals surface area contributed by atoms with E-state index < -0.39 is 17.4 Å². The number of nitrogens with zero attached hydrogens (tertiary/aromatic N) is 3. The molecule has 2 amide bonds.